The quantitative estimate of drug-likeness (QED) is 0.904. The van der Waals surface area contributed by atoms with E-state index in [1.165, 1.54) is 30.6 Å². The first-order valence-electron chi connectivity index (χ1n) is 6.65. The summed E-state index contributed by atoms with van der Waals surface area (Å²) >= 11 is 3.38. The summed E-state index contributed by atoms with van der Waals surface area (Å²) in [6.45, 7) is 0.766. The Labute approximate surface area is 121 Å². The zero-order valence-electron chi connectivity index (χ0n) is 10.7. The third kappa shape index (κ3) is 2.60. The van der Waals surface area contributed by atoms with Crippen molar-refractivity contribution >= 4 is 28.6 Å². The fourth-order valence-corrected chi connectivity index (χ4v) is 4.51. The molecule has 100 valence electrons. The molecule has 19 heavy (non-hydrogen) atoms. The summed E-state index contributed by atoms with van der Waals surface area (Å²) in [5, 5.41) is 9.11. The first-order valence-corrected chi connectivity index (χ1v) is 8.47. The van der Waals surface area contributed by atoms with Crippen LogP contribution < -0.4 is 5.32 Å². The van der Waals surface area contributed by atoms with Gasteiger partial charge in [-0.05, 0) is 35.7 Å². The number of carbonyl (C=O) groups is 1. The minimum Gasteiger partial charge on any atom is -0.351 e. The first-order chi connectivity index (χ1) is 9.30. The Balaban J connectivity index is 1.71. The van der Waals surface area contributed by atoms with Gasteiger partial charge in [-0.2, -0.15) is 11.3 Å². The Hall–Kier alpha value is -1.13. The molecule has 0 saturated heterocycles. The van der Waals surface area contributed by atoms with Gasteiger partial charge < -0.3 is 5.32 Å². The molecule has 1 N–H and O–H groups in total. The van der Waals surface area contributed by atoms with Gasteiger partial charge in [-0.3, -0.25) is 4.79 Å². The molecule has 0 bridgehead atoms. The monoisotopic (exact) mass is 291 g/mol. The SMILES string of the molecule is O=C(NCC1(c2cccs2)CCCC1)c1ccsc1. The Morgan fingerprint density at radius 2 is 2.11 bits per heavy atom. The topological polar surface area (TPSA) is 29.1 Å². The summed E-state index contributed by atoms with van der Waals surface area (Å²) in [6, 6.07) is 6.21. The second kappa shape index (κ2) is 5.47. The van der Waals surface area contributed by atoms with Crippen molar-refractivity contribution in [3.05, 3.63) is 44.8 Å². The molecule has 0 aromatic carbocycles. The van der Waals surface area contributed by atoms with Gasteiger partial charge in [0.05, 0.1) is 0 Å². The van der Waals surface area contributed by atoms with Gasteiger partial charge in [0.15, 0.2) is 0 Å². The molecule has 4 heteroatoms. The van der Waals surface area contributed by atoms with Gasteiger partial charge in [0, 0.05) is 27.8 Å². The molecule has 1 saturated carbocycles. The van der Waals surface area contributed by atoms with E-state index in [1.807, 2.05) is 28.2 Å². The van der Waals surface area contributed by atoms with Gasteiger partial charge in [-0.1, -0.05) is 18.9 Å². The number of nitrogens with one attached hydrogen (secondary N) is 1. The lowest BCUT2D eigenvalue weighted by molar-refractivity contribution is 0.0944. The number of thiophene rings is 2. The predicted octanol–water partition coefficient (Wildman–Crippen LogP) is 4.05. The van der Waals surface area contributed by atoms with Crippen LogP contribution in [0.4, 0.5) is 0 Å². The second-order valence-electron chi connectivity index (χ2n) is 5.16. The van der Waals surface area contributed by atoms with E-state index in [2.05, 4.69) is 22.8 Å². The maximum absolute atomic E-state index is 12.1. The zero-order chi connectivity index (χ0) is 13.1. The lowest BCUT2D eigenvalue weighted by Gasteiger charge is -2.28. The fraction of sp³-hybridized carbons (Fsp3) is 0.400. The van der Waals surface area contributed by atoms with Crippen LogP contribution in [0.1, 0.15) is 40.9 Å². The molecule has 3 rings (SSSR count). The number of rotatable bonds is 4. The first kappa shape index (κ1) is 12.9. The van der Waals surface area contributed by atoms with Crippen molar-refractivity contribution in [2.75, 3.05) is 6.54 Å². The number of amides is 1. The molecule has 0 radical (unpaired) electrons. The normalized spacial score (nSPS) is 17.5. The Morgan fingerprint density at radius 3 is 2.74 bits per heavy atom. The molecule has 0 atom stereocenters. The molecule has 2 heterocycles. The predicted molar refractivity (Wildman–Crippen MR) is 81.1 cm³/mol. The summed E-state index contributed by atoms with van der Waals surface area (Å²) in [6.07, 6.45) is 4.92. The highest BCUT2D eigenvalue weighted by Crippen LogP contribution is 2.42. The smallest absolute Gasteiger partial charge is 0.252 e. The standard InChI is InChI=1S/C15H17NOS2/c17-14(12-5-9-18-10-12)16-11-15(6-1-2-7-15)13-4-3-8-19-13/h3-5,8-10H,1-2,6-7,11H2,(H,16,17). The van der Waals surface area contributed by atoms with Crippen LogP contribution >= 0.6 is 22.7 Å². The van der Waals surface area contributed by atoms with Gasteiger partial charge in [-0.25, -0.2) is 0 Å². The van der Waals surface area contributed by atoms with Crippen molar-refractivity contribution in [3.8, 4) is 0 Å². The van der Waals surface area contributed by atoms with E-state index < -0.39 is 0 Å². The van der Waals surface area contributed by atoms with Crippen molar-refractivity contribution in [3.63, 3.8) is 0 Å². The molecule has 0 spiro atoms. The minimum atomic E-state index is 0.0593. The summed E-state index contributed by atoms with van der Waals surface area (Å²) in [7, 11) is 0. The van der Waals surface area contributed by atoms with Crippen LogP contribution in [0.15, 0.2) is 34.3 Å². The summed E-state index contributed by atoms with van der Waals surface area (Å²) < 4.78 is 0. The van der Waals surface area contributed by atoms with Crippen LogP contribution in [0, 0.1) is 0 Å². The van der Waals surface area contributed by atoms with Gasteiger partial charge in [0.25, 0.3) is 5.91 Å². The van der Waals surface area contributed by atoms with E-state index in [4.69, 9.17) is 0 Å². The third-order valence-electron chi connectivity index (χ3n) is 3.98. The lowest BCUT2D eigenvalue weighted by Crippen LogP contribution is -2.38. The van der Waals surface area contributed by atoms with Crippen LogP contribution in [0.5, 0.6) is 0 Å². The van der Waals surface area contributed by atoms with Gasteiger partial charge in [-0.15, -0.1) is 11.3 Å². The van der Waals surface area contributed by atoms with Crippen molar-refractivity contribution < 1.29 is 4.79 Å². The van der Waals surface area contributed by atoms with Crippen LogP contribution in [-0.4, -0.2) is 12.5 Å². The summed E-state index contributed by atoms with van der Waals surface area (Å²) in [4.78, 5) is 13.5. The number of hydrogen-bond acceptors (Lipinski definition) is 3. The van der Waals surface area contributed by atoms with Gasteiger partial charge in [0.2, 0.25) is 0 Å². The van der Waals surface area contributed by atoms with Crippen molar-refractivity contribution in [1.82, 2.24) is 5.32 Å². The fourth-order valence-electron chi connectivity index (χ4n) is 2.89. The second-order valence-corrected chi connectivity index (χ2v) is 6.89. The van der Waals surface area contributed by atoms with Crippen LogP contribution in [0.25, 0.3) is 0 Å². The van der Waals surface area contributed by atoms with Gasteiger partial charge >= 0.3 is 0 Å². The molecule has 0 unspecified atom stereocenters. The van der Waals surface area contributed by atoms with Crippen molar-refractivity contribution in [2.24, 2.45) is 0 Å². The Bertz CT molecular complexity index is 525. The van der Waals surface area contributed by atoms with Crippen LogP contribution in [-0.2, 0) is 5.41 Å². The molecule has 1 amide bonds. The number of hydrogen-bond donors (Lipinski definition) is 1. The zero-order valence-corrected chi connectivity index (χ0v) is 12.4. The van der Waals surface area contributed by atoms with E-state index >= 15 is 0 Å². The molecular weight excluding hydrogens is 274 g/mol. The minimum absolute atomic E-state index is 0.0593. The van der Waals surface area contributed by atoms with E-state index in [0.717, 1.165) is 12.1 Å². The number of carbonyl (C=O) groups excluding carboxylic acids is 1. The van der Waals surface area contributed by atoms with E-state index in [-0.39, 0.29) is 11.3 Å². The molecule has 1 aliphatic carbocycles. The molecule has 2 aromatic heterocycles. The van der Waals surface area contributed by atoms with Crippen LogP contribution in [0.3, 0.4) is 0 Å². The summed E-state index contributed by atoms with van der Waals surface area (Å²) in [5.41, 5.74) is 0.962. The van der Waals surface area contributed by atoms with E-state index in [9.17, 15) is 4.79 Å². The summed E-state index contributed by atoms with van der Waals surface area (Å²) in [5.74, 6) is 0.0593. The Morgan fingerprint density at radius 1 is 1.26 bits per heavy atom. The van der Waals surface area contributed by atoms with Crippen molar-refractivity contribution in [1.29, 1.82) is 0 Å². The Kier molecular flexibility index (Phi) is 3.71. The third-order valence-corrected chi connectivity index (χ3v) is 5.77. The van der Waals surface area contributed by atoms with Crippen molar-refractivity contribution in [2.45, 2.75) is 31.1 Å². The van der Waals surface area contributed by atoms with E-state index in [1.54, 1.807) is 11.3 Å². The average Bonchev–Trinajstić information content (AvgIpc) is 3.16. The average molecular weight is 291 g/mol. The molecule has 2 aromatic rings. The molecule has 1 fully saturated rings. The van der Waals surface area contributed by atoms with E-state index in [0.29, 0.717) is 0 Å². The molecule has 2 nitrogen and oxygen atoms in total. The highest BCUT2D eigenvalue weighted by Gasteiger charge is 2.36. The van der Waals surface area contributed by atoms with Crippen LogP contribution in [0.2, 0.25) is 0 Å². The molecular formula is C15H17NOS2. The highest BCUT2D eigenvalue weighted by molar-refractivity contribution is 7.10. The largest absolute Gasteiger partial charge is 0.351 e. The maximum atomic E-state index is 12.1. The highest BCUT2D eigenvalue weighted by atomic mass is 32.1. The molecule has 0 aliphatic heterocycles. The van der Waals surface area contributed by atoms with Gasteiger partial charge in [0.1, 0.15) is 0 Å². The maximum Gasteiger partial charge on any atom is 0.252 e. The lowest BCUT2D eigenvalue weighted by atomic mass is 9.84. The molecule has 1 aliphatic rings.